The average molecular weight is 344 g/mol. The molecule has 3 heterocycles. The Morgan fingerprint density at radius 2 is 2.04 bits per heavy atom. The van der Waals surface area contributed by atoms with E-state index < -0.39 is 0 Å². The highest BCUT2D eigenvalue weighted by atomic mass is 16.5. The van der Waals surface area contributed by atoms with Crippen LogP contribution in [0.4, 0.5) is 0 Å². The number of piperidine rings is 1. The van der Waals surface area contributed by atoms with Crippen LogP contribution in [0.3, 0.4) is 0 Å². The third-order valence-corrected chi connectivity index (χ3v) is 4.12. The minimum Gasteiger partial charge on any atom is -0.477 e. The molecule has 0 bridgehead atoms. The Labute approximate surface area is 145 Å². The van der Waals surface area contributed by atoms with Gasteiger partial charge in [0.25, 0.3) is 23.2 Å². The summed E-state index contributed by atoms with van der Waals surface area (Å²) in [4.78, 5) is 34.7. The molecule has 1 aliphatic rings. The minimum atomic E-state index is -0.300. The van der Waals surface area contributed by atoms with Gasteiger partial charge in [-0.2, -0.15) is 0 Å². The fourth-order valence-corrected chi connectivity index (χ4v) is 2.84. The lowest BCUT2D eigenvalue weighted by atomic mass is 10.1. The predicted octanol–water partition coefficient (Wildman–Crippen LogP) is 0.867. The maximum absolute atomic E-state index is 12.7. The molecule has 0 spiro atoms. The van der Waals surface area contributed by atoms with Crippen molar-refractivity contribution in [3.63, 3.8) is 0 Å². The number of rotatable bonds is 4. The lowest BCUT2D eigenvalue weighted by Crippen LogP contribution is -2.46. The van der Waals surface area contributed by atoms with Crippen LogP contribution in [0.2, 0.25) is 0 Å². The molecule has 0 aromatic carbocycles. The SMILES string of the molecule is COc1nccnc1O[C@@H]1CCCN(C(=O)c2cccn(C)c2=O)C1. The first-order valence-corrected chi connectivity index (χ1v) is 8.06. The van der Waals surface area contributed by atoms with E-state index >= 15 is 0 Å². The third kappa shape index (κ3) is 3.62. The van der Waals surface area contributed by atoms with E-state index in [1.54, 1.807) is 30.3 Å². The number of methoxy groups -OCH3 is 1. The van der Waals surface area contributed by atoms with Gasteiger partial charge in [0.2, 0.25) is 0 Å². The summed E-state index contributed by atoms with van der Waals surface area (Å²) in [5, 5.41) is 0. The number of carbonyl (C=O) groups excluding carboxylic acids is 1. The van der Waals surface area contributed by atoms with Crippen LogP contribution in [0.1, 0.15) is 23.2 Å². The molecule has 8 nitrogen and oxygen atoms in total. The van der Waals surface area contributed by atoms with E-state index in [1.165, 1.54) is 24.1 Å². The van der Waals surface area contributed by atoms with Gasteiger partial charge in [-0.15, -0.1) is 0 Å². The zero-order chi connectivity index (χ0) is 17.8. The van der Waals surface area contributed by atoms with Crippen molar-refractivity contribution < 1.29 is 14.3 Å². The number of carbonyl (C=O) groups is 1. The van der Waals surface area contributed by atoms with Gasteiger partial charge in [-0.3, -0.25) is 9.59 Å². The van der Waals surface area contributed by atoms with Gasteiger partial charge in [-0.05, 0) is 25.0 Å². The van der Waals surface area contributed by atoms with Crippen molar-refractivity contribution in [2.45, 2.75) is 18.9 Å². The molecule has 1 amide bonds. The Kier molecular flexibility index (Phi) is 4.97. The van der Waals surface area contributed by atoms with E-state index in [1.807, 2.05) is 0 Å². The summed E-state index contributed by atoms with van der Waals surface area (Å²) in [5.41, 5.74) is -0.131. The quantitative estimate of drug-likeness (QED) is 0.818. The molecule has 0 saturated carbocycles. The Hall–Kier alpha value is -2.90. The number of hydrogen-bond donors (Lipinski definition) is 0. The second-order valence-electron chi connectivity index (χ2n) is 5.84. The van der Waals surface area contributed by atoms with Crippen LogP contribution in [0.5, 0.6) is 11.8 Å². The number of likely N-dealkylation sites (tertiary alicyclic amines) is 1. The topological polar surface area (TPSA) is 86.6 Å². The van der Waals surface area contributed by atoms with Gasteiger partial charge in [0, 0.05) is 32.2 Å². The standard InChI is InChI=1S/C17H20N4O4/c1-20-9-4-6-13(16(20)22)17(23)21-10-3-5-12(11-21)25-15-14(24-2)18-7-8-19-15/h4,6-9,12H,3,5,10-11H2,1-2H3/t12-/m1/s1. The number of amides is 1. The van der Waals surface area contributed by atoms with Crippen molar-refractivity contribution in [3.05, 3.63) is 46.6 Å². The zero-order valence-corrected chi connectivity index (χ0v) is 14.2. The van der Waals surface area contributed by atoms with Gasteiger partial charge >= 0.3 is 0 Å². The normalized spacial score (nSPS) is 17.2. The second-order valence-corrected chi connectivity index (χ2v) is 5.84. The highest BCUT2D eigenvalue weighted by molar-refractivity contribution is 5.93. The van der Waals surface area contributed by atoms with E-state index in [0.29, 0.717) is 24.8 Å². The fourth-order valence-electron chi connectivity index (χ4n) is 2.84. The number of nitrogens with zero attached hydrogens (tertiary/aromatic N) is 4. The summed E-state index contributed by atoms with van der Waals surface area (Å²) in [6.45, 7) is 0.977. The average Bonchev–Trinajstić information content (AvgIpc) is 2.64. The van der Waals surface area contributed by atoms with Crippen LogP contribution in [-0.4, -0.2) is 51.6 Å². The Balaban J connectivity index is 1.74. The molecule has 1 atom stereocenters. The van der Waals surface area contributed by atoms with Gasteiger partial charge in [0.05, 0.1) is 13.7 Å². The maximum Gasteiger partial charge on any atom is 0.278 e. The molecule has 1 aliphatic heterocycles. The summed E-state index contributed by atoms with van der Waals surface area (Å²) < 4.78 is 12.4. The number of aromatic nitrogens is 3. The Morgan fingerprint density at radius 3 is 2.80 bits per heavy atom. The molecule has 2 aromatic heterocycles. The fraction of sp³-hybridized carbons (Fsp3) is 0.412. The lowest BCUT2D eigenvalue weighted by molar-refractivity contribution is 0.0517. The summed E-state index contributed by atoms with van der Waals surface area (Å²) in [6.07, 6.45) is 6.02. The summed E-state index contributed by atoms with van der Waals surface area (Å²) in [5.74, 6) is 0.336. The van der Waals surface area contributed by atoms with Gasteiger partial charge in [-0.25, -0.2) is 9.97 Å². The van der Waals surface area contributed by atoms with Gasteiger partial charge in [-0.1, -0.05) is 0 Å². The molecular weight excluding hydrogens is 324 g/mol. The first kappa shape index (κ1) is 16.9. The second kappa shape index (κ2) is 7.33. The van der Waals surface area contributed by atoms with Crippen LogP contribution in [0.25, 0.3) is 0 Å². The zero-order valence-electron chi connectivity index (χ0n) is 14.2. The monoisotopic (exact) mass is 344 g/mol. The lowest BCUT2D eigenvalue weighted by Gasteiger charge is -2.32. The van der Waals surface area contributed by atoms with Crippen molar-refractivity contribution in [1.29, 1.82) is 0 Å². The molecule has 1 fully saturated rings. The van der Waals surface area contributed by atoms with E-state index in [2.05, 4.69) is 9.97 Å². The van der Waals surface area contributed by atoms with Gasteiger partial charge < -0.3 is 18.9 Å². The van der Waals surface area contributed by atoms with E-state index in [0.717, 1.165) is 12.8 Å². The van der Waals surface area contributed by atoms with Crippen molar-refractivity contribution >= 4 is 5.91 Å². The smallest absolute Gasteiger partial charge is 0.278 e. The minimum absolute atomic E-state index is 0.169. The van der Waals surface area contributed by atoms with Crippen molar-refractivity contribution in [2.75, 3.05) is 20.2 Å². The molecule has 0 unspecified atom stereocenters. The summed E-state index contributed by atoms with van der Waals surface area (Å²) in [7, 11) is 3.13. The number of ether oxygens (including phenoxy) is 2. The molecule has 0 radical (unpaired) electrons. The molecular formula is C17H20N4O4. The largest absolute Gasteiger partial charge is 0.477 e. The molecule has 8 heteroatoms. The molecule has 3 rings (SSSR count). The number of hydrogen-bond acceptors (Lipinski definition) is 6. The first-order valence-electron chi connectivity index (χ1n) is 8.06. The molecule has 2 aromatic rings. The third-order valence-electron chi connectivity index (χ3n) is 4.12. The maximum atomic E-state index is 12.7. The van der Waals surface area contributed by atoms with Crippen molar-refractivity contribution in [2.24, 2.45) is 7.05 Å². The van der Waals surface area contributed by atoms with Gasteiger partial charge in [0.1, 0.15) is 11.7 Å². The molecule has 132 valence electrons. The molecule has 25 heavy (non-hydrogen) atoms. The van der Waals surface area contributed by atoms with E-state index in [4.69, 9.17) is 9.47 Å². The highest BCUT2D eigenvalue weighted by Crippen LogP contribution is 2.24. The van der Waals surface area contributed by atoms with E-state index in [-0.39, 0.29) is 23.1 Å². The van der Waals surface area contributed by atoms with Crippen molar-refractivity contribution in [1.82, 2.24) is 19.4 Å². The summed E-state index contributed by atoms with van der Waals surface area (Å²) >= 11 is 0. The van der Waals surface area contributed by atoms with Crippen LogP contribution in [-0.2, 0) is 7.05 Å². The Morgan fingerprint density at radius 1 is 1.28 bits per heavy atom. The van der Waals surface area contributed by atoms with Crippen LogP contribution >= 0.6 is 0 Å². The molecule has 0 aliphatic carbocycles. The predicted molar refractivity (Wildman–Crippen MR) is 89.8 cm³/mol. The first-order chi connectivity index (χ1) is 12.1. The number of pyridine rings is 1. The molecule has 1 saturated heterocycles. The van der Waals surface area contributed by atoms with Gasteiger partial charge in [0.15, 0.2) is 0 Å². The van der Waals surface area contributed by atoms with Crippen LogP contribution in [0, 0.1) is 0 Å². The Bertz CT molecular complexity index is 820. The summed E-state index contributed by atoms with van der Waals surface area (Å²) in [6, 6.07) is 3.25. The number of aryl methyl sites for hydroxylation is 1. The highest BCUT2D eigenvalue weighted by Gasteiger charge is 2.28. The van der Waals surface area contributed by atoms with Crippen LogP contribution in [0.15, 0.2) is 35.5 Å². The molecule has 0 N–H and O–H groups in total. The van der Waals surface area contributed by atoms with Crippen molar-refractivity contribution in [3.8, 4) is 11.8 Å². The van der Waals surface area contributed by atoms with E-state index in [9.17, 15) is 9.59 Å². The van der Waals surface area contributed by atoms with Crippen LogP contribution < -0.4 is 15.0 Å².